The molecule has 2 nitrogen and oxygen atoms in total. The first-order valence-electron chi connectivity index (χ1n) is 4.73. The molecule has 0 aromatic carbocycles. The normalized spacial score (nSPS) is 10.3. The number of aromatic nitrogens is 1. The molecule has 1 aromatic rings. The van der Waals surface area contributed by atoms with Gasteiger partial charge in [0.25, 0.3) is 0 Å². The number of hydrogen-bond donors (Lipinski definition) is 0. The van der Waals surface area contributed by atoms with Crippen LogP contribution in [0.2, 0.25) is 10.2 Å². The highest BCUT2D eigenvalue weighted by molar-refractivity contribution is 6.32. The van der Waals surface area contributed by atoms with E-state index in [2.05, 4.69) is 11.6 Å². The largest absolute Gasteiger partial charge is 0.375 e. The average molecular weight is 246 g/mol. The van der Waals surface area contributed by atoms with Gasteiger partial charge in [-0.05, 0) is 25.0 Å². The van der Waals surface area contributed by atoms with Gasteiger partial charge >= 0.3 is 0 Å². The quantitative estimate of drug-likeness (QED) is 0.431. The fraction of sp³-hybridized carbons (Fsp3) is 0.364. The third-order valence-corrected chi connectivity index (χ3v) is 2.37. The fourth-order valence-electron chi connectivity index (χ4n) is 1.06. The summed E-state index contributed by atoms with van der Waals surface area (Å²) in [6, 6.07) is 3.38. The van der Waals surface area contributed by atoms with Crippen LogP contribution in [0.4, 0.5) is 0 Å². The first kappa shape index (κ1) is 12.5. The van der Waals surface area contributed by atoms with Gasteiger partial charge in [-0.25, -0.2) is 4.98 Å². The lowest BCUT2D eigenvalue weighted by Crippen LogP contribution is -1.98. The van der Waals surface area contributed by atoms with Crippen molar-refractivity contribution in [3.8, 4) is 0 Å². The molecule has 0 saturated heterocycles. The van der Waals surface area contributed by atoms with Crippen molar-refractivity contribution in [2.24, 2.45) is 0 Å². The van der Waals surface area contributed by atoms with Crippen LogP contribution in [-0.2, 0) is 11.3 Å². The van der Waals surface area contributed by atoms with Gasteiger partial charge in [0.05, 0.1) is 17.3 Å². The van der Waals surface area contributed by atoms with Gasteiger partial charge in [-0.1, -0.05) is 29.3 Å². The van der Waals surface area contributed by atoms with Crippen LogP contribution in [0.1, 0.15) is 18.5 Å². The van der Waals surface area contributed by atoms with Crippen LogP contribution in [0, 0.1) is 0 Å². The highest BCUT2D eigenvalue weighted by Gasteiger charge is 2.02. The molecule has 1 heterocycles. The molecule has 0 aliphatic rings. The number of hydrogen-bond acceptors (Lipinski definition) is 2. The zero-order chi connectivity index (χ0) is 11.1. The smallest absolute Gasteiger partial charge is 0.129 e. The lowest BCUT2D eigenvalue weighted by atomic mass is 10.3. The zero-order valence-electron chi connectivity index (χ0n) is 8.38. The van der Waals surface area contributed by atoms with E-state index in [4.69, 9.17) is 27.9 Å². The molecule has 1 aromatic heterocycles. The summed E-state index contributed by atoms with van der Waals surface area (Å²) < 4.78 is 5.40. The van der Waals surface area contributed by atoms with Crippen molar-refractivity contribution in [2.45, 2.75) is 19.4 Å². The van der Waals surface area contributed by atoms with Crippen molar-refractivity contribution in [3.63, 3.8) is 0 Å². The molecule has 4 heteroatoms. The maximum atomic E-state index is 5.92. The van der Waals surface area contributed by atoms with E-state index in [0.717, 1.165) is 12.8 Å². The Bertz CT molecular complexity index is 328. The standard InChI is InChI=1S/C11H13Cl2NO/c1-2-3-4-7-15-8-10-9(12)5-6-11(13)14-10/h2,5-6H,1,3-4,7-8H2. The molecule has 15 heavy (non-hydrogen) atoms. The number of ether oxygens (including phenoxy) is 1. The first-order chi connectivity index (χ1) is 7.24. The number of nitrogens with zero attached hydrogens (tertiary/aromatic N) is 1. The van der Waals surface area contributed by atoms with Crippen molar-refractivity contribution in [3.05, 3.63) is 40.7 Å². The highest BCUT2D eigenvalue weighted by atomic mass is 35.5. The minimum absolute atomic E-state index is 0.399. The number of pyridine rings is 1. The van der Waals surface area contributed by atoms with Crippen molar-refractivity contribution in [1.29, 1.82) is 0 Å². The Kier molecular flexibility index (Phi) is 5.69. The van der Waals surface area contributed by atoms with Gasteiger partial charge in [0.2, 0.25) is 0 Å². The Morgan fingerprint density at radius 1 is 1.40 bits per heavy atom. The molecule has 0 fully saturated rings. The average Bonchev–Trinajstić information content (AvgIpc) is 2.23. The predicted molar refractivity (Wildman–Crippen MR) is 63.3 cm³/mol. The molecule has 0 bridgehead atoms. The highest BCUT2D eigenvalue weighted by Crippen LogP contribution is 2.17. The van der Waals surface area contributed by atoms with Crippen LogP contribution in [0.5, 0.6) is 0 Å². The van der Waals surface area contributed by atoms with Crippen LogP contribution in [0.3, 0.4) is 0 Å². The van der Waals surface area contributed by atoms with Gasteiger partial charge in [-0.2, -0.15) is 0 Å². The lowest BCUT2D eigenvalue weighted by Gasteiger charge is -2.04. The Morgan fingerprint density at radius 2 is 2.20 bits per heavy atom. The molecule has 0 radical (unpaired) electrons. The molecule has 1 rings (SSSR count). The molecule has 82 valence electrons. The Hall–Kier alpha value is -0.570. The van der Waals surface area contributed by atoms with E-state index in [1.807, 2.05) is 6.08 Å². The molecule has 0 amide bonds. The van der Waals surface area contributed by atoms with E-state index in [-0.39, 0.29) is 0 Å². The van der Waals surface area contributed by atoms with E-state index in [1.54, 1.807) is 12.1 Å². The molecule has 0 saturated carbocycles. The van der Waals surface area contributed by atoms with E-state index in [9.17, 15) is 0 Å². The Balaban J connectivity index is 2.36. The Labute approximate surface area is 99.9 Å². The van der Waals surface area contributed by atoms with Gasteiger partial charge in [0.1, 0.15) is 5.15 Å². The van der Waals surface area contributed by atoms with Crippen LogP contribution in [-0.4, -0.2) is 11.6 Å². The number of allylic oxidation sites excluding steroid dienone is 1. The summed E-state index contributed by atoms with van der Waals surface area (Å²) in [7, 11) is 0. The summed E-state index contributed by atoms with van der Waals surface area (Å²) >= 11 is 11.7. The summed E-state index contributed by atoms with van der Waals surface area (Å²) in [4.78, 5) is 4.08. The molecular weight excluding hydrogens is 233 g/mol. The fourth-order valence-corrected chi connectivity index (χ4v) is 1.38. The first-order valence-corrected chi connectivity index (χ1v) is 5.49. The van der Waals surface area contributed by atoms with Crippen molar-refractivity contribution in [1.82, 2.24) is 4.98 Å². The van der Waals surface area contributed by atoms with Crippen LogP contribution in [0.25, 0.3) is 0 Å². The van der Waals surface area contributed by atoms with Crippen LogP contribution >= 0.6 is 23.2 Å². The molecule has 0 unspecified atom stereocenters. The van der Waals surface area contributed by atoms with Crippen molar-refractivity contribution in [2.75, 3.05) is 6.61 Å². The molecule has 0 spiro atoms. The maximum absolute atomic E-state index is 5.92. The molecular formula is C11H13Cl2NO. The van der Waals surface area contributed by atoms with Gasteiger partial charge < -0.3 is 4.74 Å². The monoisotopic (exact) mass is 245 g/mol. The third-order valence-electron chi connectivity index (χ3n) is 1.82. The molecule has 0 aliphatic carbocycles. The van der Waals surface area contributed by atoms with E-state index in [1.165, 1.54) is 0 Å². The van der Waals surface area contributed by atoms with Crippen molar-refractivity contribution < 1.29 is 4.74 Å². The minimum Gasteiger partial charge on any atom is -0.375 e. The predicted octanol–water partition coefficient (Wildman–Crippen LogP) is 3.87. The van der Waals surface area contributed by atoms with Gasteiger partial charge in [-0.3, -0.25) is 0 Å². The summed E-state index contributed by atoms with van der Waals surface area (Å²) in [5, 5.41) is 1.02. The minimum atomic E-state index is 0.399. The second-order valence-electron chi connectivity index (χ2n) is 3.05. The second kappa shape index (κ2) is 6.83. The zero-order valence-corrected chi connectivity index (χ0v) is 9.89. The van der Waals surface area contributed by atoms with E-state index in [0.29, 0.717) is 29.1 Å². The van der Waals surface area contributed by atoms with Gasteiger partial charge in [-0.15, -0.1) is 6.58 Å². The van der Waals surface area contributed by atoms with Gasteiger partial charge in [0, 0.05) is 6.61 Å². The van der Waals surface area contributed by atoms with E-state index < -0.39 is 0 Å². The lowest BCUT2D eigenvalue weighted by molar-refractivity contribution is 0.116. The van der Waals surface area contributed by atoms with Crippen molar-refractivity contribution >= 4 is 23.2 Å². The third kappa shape index (κ3) is 4.65. The number of rotatable bonds is 6. The molecule has 0 N–H and O–H groups in total. The van der Waals surface area contributed by atoms with Crippen LogP contribution in [0.15, 0.2) is 24.8 Å². The topological polar surface area (TPSA) is 22.1 Å². The summed E-state index contributed by atoms with van der Waals surface area (Å²) in [5.41, 5.74) is 0.683. The summed E-state index contributed by atoms with van der Waals surface area (Å²) in [5.74, 6) is 0. The number of unbranched alkanes of at least 4 members (excludes halogenated alkanes) is 1. The Morgan fingerprint density at radius 3 is 2.93 bits per heavy atom. The SMILES string of the molecule is C=CCCCOCc1nc(Cl)ccc1Cl. The second-order valence-corrected chi connectivity index (χ2v) is 3.84. The number of halogens is 2. The summed E-state index contributed by atoms with van der Waals surface area (Å²) in [6.45, 7) is 4.71. The molecule has 0 atom stereocenters. The molecule has 0 aliphatic heterocycles. The van der Waals surface area contributed by atoms with Crippen LogP contribution < -0.4 is 0 Å². The van der Waals surface area contributed by atoms with E-state index >= 15 is 0 Å². The summed E-state index contributed by atoms with van der Waals surface area (Å²) in [6.07, 6.45) is 3.78. The van der Waals surface area contributed by atoms with Gasteiger partial charge in [0.15, 0.2) is 0 Å². The maximum Gasteiger partial charge on any atom is 0.129 e.